The van der Waals surface area contributed by atoms with E-state index in [9.17, 15) is 4.79 Å². The van der Waals surface area contributed by atoms with Crippen LogP contribution in [0.3, 0.4) is 0 Å². The molecule has 6 heteroatoms. The Morgan fingerprint density at radius 3 is 2.48 bits per heavy atom. The molecule has 0 saturated heterocycles. The molecule has 2 aromatic carbocycles. The standard InChI is InChI=1S/C25H31N3O3/c1-7-28-23-12-17(2)19(13-22(23)18(3)14-25(28,4)5)15-26-27-24(29)16-31-21-10-8-20(30-6)9-11-21/h8-15H,7,16H2,1-6H3,(H,27,29)/b26-15+. The number of rotatable bonds is 7. The number of amides is 1. The highest BCUT2D eigenvalue weighted by atomic mass is 16.5. The number of nitrogens with one attached hydrogen (secondary N) is 1. The summed E-state index contributed by atoms with van der Waals surface area (Å²) in [5.41, 5.74) is 8.27. The molecule has 164 valence electrons. The average molecular weight is 422 g/mol. The maximum atomic E-state index is 12.1. The molecule has 0 bridgehead atoms. The van der Waals surface area contributed by atoms with Gasteiger partial charge in [-0.25, -0.2) is 5.43 Å². The third kappa shape index (κ3) is 5.08. The summed E-state index contributed by atoms with van der Waals surface area (Å²) in [6, 6.07) is 11.4. The zero-order chi connectivity index (χ0) is 22.6. The van der Waals surface area contributed by atoms with Crippen molar-refractivity contribution in [3.8, 4) is 11.5 Å². The van der Waals surface area contributed by atoms with Crippen molar-refractivity contribution in [1.29, 1.82) is 0 Å². The number of nitrogens with zero attached hydrogens (tertiary/aromatic N) is 2. The van der Waals surface area contributed by atoms with E-state index in [4.69, 9.17) is 9.47 Å². The summed E-state index contributed by atoms with van der Waals surface area (Å²) in [6.07, 6.45) is 3.98. The molecule has 0 aromatic heterocycles. The van der Waals surface area contributed by atoms with Crippen molar-refractivity contribution in [3.05, 3.63) is 59.2 Å². The van der Waals surface area contributed by atoms with Crippen molar-refractivity contribution < 1.29 is 14.3 Å². The monoisotopic (exact) mass is 421 g/mol. The number of likely N-dealkylation sites (N-methyl/N-ethyl adjacent to an activating group) is 1. The number of ether oxygens (including phenoxy) is 2. The van der Waals surface area contributed by atoms with Crippen LogP contribution in [0.4, 0.5) is 5.69 Å². The van der Waals surface area contributed by atoms with Crippen LogP contribution in [0.25, 0.3) is 5.57 Å². The fraction of sp³-hybridized carbons (Fsp3) is 0.360. The van der Waals surface area contributed by atoms with E-state index in [1.54, 1.807) is 37.6 Å². The second kappa shape index (κ2) is 9.25. The predicted molar refractivity (Wildman–Crippen MR) is 126 cm³/mol. The third-order valence-electron chi connectivity index (χ3n) is 5.50. The second-order valence-electron chi connectivity index (χ2n) is 8.21. The average Bonchev–Trinajstić information content (AvgIpc) is 2.73. The summed E-state index contributed by atoms with van der Waals surface area (Å²) in [5.74, 6) is 1.01. The Kier molecular flexibility index (Phi) is 6.68. The van der Waals surface area contributed by atoms with E-state index in [0.717, 1.165) is 23.4 Å². The van der Waals surface area contributed by atoms with E-state index >= 15 is 0 Å². The smallest absolute Gasteiger partial charge is 0.277 e. The lowest BCUT2D eigenvalue weighted by atomic mass is 9.87. The molecule has 1 aliphatic rings. The largest absolute Gasteiger partial charge is 0.497 e. The van der Waals surface area contributed by atoms with Crippen LogP contribution in [-0.2, 0) is 4.79 Å². The van der Waals surface area contributed by atoms with Crippen molar-refractivity contribution in [2.75, 3.05) is 25.2 Å². The molecule has 0 fully saturated rings. The first-order valence-corrected chi connectivity index (χ1v) is 10.5. The van der Waals surface area contributed by atoms with E-state index in [1.807, 2.05) is 0 Å². The SMILES string of the molecule is CCN1c2cc(C)c(/C=N/NC(=O)COc3ccc(OC)cc3)cc2C(C)=CC1(C)C. The Bertz CT molecular complexity index is 1010. The van der Waals surface area contributed by atoms with Gasteiger partial charge in [-0.15, -0.1) is 0 Å². The van der Waals surface area contributed by atoms with Gasteiger partial charge in [0.25, 0.3) is 5.91 Å². The summed E-state index contributed by atoms with van der Waals surface area (Å²) < 4.78 is 10.6. The minimum atomic E-state index is -0.322. The number of hydrogen-bond acceptors (Lipinski definition) is 5. The van der Waals surface area contributed by atoms with Gasteiger partial charge in [-0.05, 0) is 87.7 Å². The van der Waals surface area contributed by atoms with Gasteiger partial charge in [0, 0.05) is 17.8 Å². The van der Waals surface area contributed by atoms with Gasteiger partial charge in [0.2, 0.25) is 0 Å². The van der Waals surface area contributed by atoms with Crippen LogP contribution in [-0.4, -0.2) is 37.9 Å². The van der Waals surface area contributed by atoms with E-state index in [0.29, 0.717) is 5.75 Å². The van der Waals surface area contributed by atoms with Crippen LogP contribution in [0.5, 0.6) is 11.5 Å². The summed E-state index contributed by atoms with van der Waals surface area (Å²) in [6.45, 7) is 11.7. The molecular formula is C25H31N3O3. The lowest BCUT2D eigenvalue weighted by Crippen LogP contribution is -2.45. The molecule has 0 unspecified atom stereocenters. The first-order valence-electron chi connectivity index (χ1n) is 10.5. The maximum absolute atomic E-state index is 12.1. The molecule has 0 spiro atoms. The normalized spacial score (nSPS) is 14.8. The Hall–Kier alpha value is -3.28. The van der Waals surface area contributed by atoms with Gasteiger partial charge in [0.05, 0.1) is 18.9 Å². The van der Waals surface area contributed by atoms with Crippen LogP contribution < -0.4 is 19.8 Å². The topological polar surface area (TPSA) is 63.2 Å². The van der Waals surface area contributed by atoms with Crippen LogP contribution in [0.15, 0.2) is 47.6 Å². The number of carbonyl (C=O) groups is 1. The quantitative estimate of drug-likeness (QED) is 0.526. The molecule has 6 nitrogen and oxygen atoms in total. The van der Waals surface area contributed by atoms with E-state index < -0.39 is 0 Å². The molecule has 2 aromatic rings. The third-order valence-corrected chi connectivity index (χ3v) is 5.50. The Labute approximate surface area is 184 Å². The van der Waals surface area contributed by atoms with Crippen molar-refractivity contribution >= 4 is 23.4 Å². The number of hydrogen-bond donors (Lipinski definition) is 1. The van der Waals surface area contributed by atoms with Crippen LogP contribution in [0, 0.1) is 6.92 Å². The molecular weight excluding hydrogens is 390 g/mol. The number of benzene rings is 2. The van der Waals surface area contributed by atoms with Crippen LogP contribution in [0.2, 0.25) is 0 Å². The lowest BCUT2D eigenvalue weighted by molar-refractivity contribution is -0.123. The molecule has 0 saturated carbocycles. The van der Waals surface area contributed by atoms with Gasteiger partial charge < -0.3 is 14.4 Å². The summed E-state index contributed by atoms with van der Waals surface area (Å²) in [7, 11) is 1.60. The predicted octanol–water partition coefficient (Wildman–Crippen LogP) is 4.55. The Morgan fingerprint density at radius 1 is 1.16 bits per heavy atom. The van der Waals surface area contributed by atoms with Gasteiger partial charge in [0.15, 0.2) is 6.61 Å². The van der Waals surface area contributed by atoms with Gasteiger partial charge in [-0.2, -0.15) is 5.10 Å². The van der Waals surface area contributed by atoms with Gasteiger partial charge >= 0.3 is 0 Å². The fourth-order valence-electron chi connectivity index (χ4n) is 3.99. The van der Waals surface area contributed by atoms with Crippen molar-refractivity contribution in [2.45, 2.75) is 40.2 Å². The van der Waals surface area contributed by atoms with Crippen molar-refractivity contribution in [2.24, 2.45) is 5.10 Å². The highest BCUT2D eigenvalue weighted by Gasteiger charge is 2.30. The molecule has 0 atom stereocenters. The maximum Gasteiger partial charge on any atom is 0.277 e. The van der Waals surface area contributed by atoms with Gasteiger partial charge in [0.1, 0.15) is 11.5 Å². The zero-order valence-corrected chi connectivity index (χ0v) is 19.2. The first-order chi connectivity index (χ1) is 14.7. The van der Waals surface area contributed by atoms with E-state index in [-0.39, 0.29) is 18.1 Å². The Balaban J connectivity index is 1.66. The molecule has 31 heavy (non-hydrogen) atoms. The summed E-state index contributed by atoms with van der Waals surface area (Å²) in [5, 5.41) is 4.13. The summed E-state index contributed by atoms with van der Waals surface area (Å²) in [4.78, 5) is 14.5. The fourth-order valence-corrected chi connectivity index (χ4v) is 3.99. The number of aryl methyl sites for hydroxylation is 1. The molecule has 1 aliphatic heterocycles. The molecule has 1 amide bonds. The minimum absolute atomic E-state index is 0.0221. The molecule has 1 N–H and O–H groups in total. The van der Waals surface area contributed by atoms with Crippen molar-refractivity contribution in [3.63, 3.8) is 0 Å². The van der Waals surface area contributed by atoms with Crippen molar-refractivity contribution in [1.82, 2.24) is 5.43 Å². The molecule has 0 radical (unpaired) electrons. The van der Waals surface area contributed by atoms with Gasteiger partial charge in [-0.1, -0.05) is 6.08 Å². The molecule has 1 heterocycles. The Morgan fingerprint density at radius 2 is 1.84 bits per heavy atom. The van der Waals surface area contributed by atoms with Crippen LogP contribution >= 0.6 is 0 Å². The van der Waals surface area contributed by atoms with Crippen LogP contribution in [0.1, 0.15) is 44.4 Å². The second-order valence-corrected chi connectivity index (χ2v) is 8.21. The minimum Gasteiger partial charge on any atom is -0.497 e. The number of carbonyl (C=O) groups excluding carboxylic acids is 1. The van der Waals surface area contributed by atoms with E-state index in [1.165, 1.54) is 16.8 Å². The summed E-state index contributed by atoms with van der Waals surface area (Å²) >= 11 is 0. The van der Waals surface area contributed by atoms with E-state index in [2.05, 4.69) is 68.3 Å². The number of methoxy groups -OCH3 is 1. The zero-order valence-electron chi connectivity index (χ0n) is 19.2. The lowest BCUT2D eigenvalue weighted by Gasteiger charge is -2.43. The van der Waals surface area contributed by atoms with Gasteiger partial charge in [-0.3, -0.25) is 4.79 Å². The highest BCUT2D eigenvalue weighted by molar-refractivity contribution is 5.90. The number of anilines is 1. The highest BCUT2D eigenvalue weighted by Crippen LogP contribution is 2.39. The number of fused-ring (bicyclic) bond motifs is 1. The molecule has 0 aliphatic carbocycles. The number of allylic oxidation sites excluding steroid dienone is 1. The number of hydrazone groups is 1. The molecule has 3 rings (SSSR count). The first kappa shape index (κ1) is 22.4.